The molecule has 3 aromatic rings. The van der Waals surface area contributed by atoms with E-state index in [9.17, 15) is 9.59 Å². The van der Waals surface area contributed by atoms with E-state index < -0.39 is 0 Å². The molecule has 0 bridgehead atoms. The minimum absolute atomic E-state index is 0.111. The van der Waals surface area contributed by atoms with Crippen LogP contribution in [0.15, 0.2) is 71.3 Å². The molecular formula is C24H27N3O3. The Morgan fingerprint density at radius 3 is 2.13 bits per heavy atom. The van der Waals surface area contributed by atoms with Gasteiger partial charge in [0.1, 0.15) is 0 Å². The number of nitrogens with one attached hydrogen (secondary N) is 2. The van der Waals surface area contributed by atoms with Gasteiger partial charge >= 0.3 is 0 Å². The second kappa shape index (κ2) is 10.4. The summed E-state index contributed by atoms with van der Waals surface area (Å²) in [6.45, 7) is 7.59. The number of anilines is 1. The van der Waals surface area contributed by atoms with E-state index in [1.807, 2.05) is 36.4 Å². The van der Waals surface area contributed by atoms with Crippen LogP contribution in [0, 0.1) is 0 Å². The average molecular weight is 405 g/mol. The summed E-state index contributed by atoms with van der Waals surface area (Å²) in [5.41, 5.74) is 3.44. The van der Waals surface area contributed by atoms with Crippen LogP contribution in [0.2, 0.25) is 0 Å². The molecule has 2 N–H and O–H groups in total. The van der Waals surface area contributed by atoms with Gasteiger partial charge in [-0.25, -0.2) is 0 Å². The predicted octanol–water partition coefficient (Wildman–Crippen LogP) is 4.30. The van der Waals surface area contributed by atoms with E-state index in [0.717, 1.165) is 25.2 Å². The summed E-state index contributed by atoms with van der Waals surface area (Å²) in [5.74, 6) is -0.153. The van der Waals surface area contributed by atoms with Crippen LogP contribution in [-0.4, -0.2) is 29.8 Å². The summed E-state index contributed by atoms with van der Waals surface area (Å²) in [7, 11) is 0. The third kappa shape index (κ3) is 5.81. The van der Waals surface area contributed by atoms with Gasteiger partial charge in [-0.15, -0.1) is 0 Å². The molecule has 0 unspecified atom stereocenters. The highest BCUT2D eigenvalue weighted by Gasteiger charge is 2.09. The Morgan fingerprint density at radius 1 is 0.867 bits per heavy atom. The fourth-order valence-corrected chi connectivity index (χ4v) is 3.06. The van der Waals surface area contributed by atoms with Crippen LogP contribution in [0.25, 0.3) is 0 Å². The first-order valence-electron chi connectivity index (χ1n) is 10.1. The summed E-state index contributed by atoms with van der Waals surface area (Å²) in [4.78, 5) is 26.7. The quantitative estimate of drug-likeness (QED) is 0.556. The Kier molecular flexibility index (Phi) is 7.40. The standard InChI is InChI=1S/C24H27N3O3/c1-3-27(4-2)17-19-7-11-20(12-8-19)23(28)25-16-18-9-13-21(14-10-18)26-24(29)22-6-5-15-30-22/h5-15H,3-4,16-17H2,1-2H3,(H,25,28)(H,26,29). The molecular weight excluding hydrogens is 378 g/mol. The van der Waals surface area contributed by atoms with E-state index in [1.165, 1.54) is 11.8 Å². The second-order valence-corrected chi connectivity index (χ2v) is 6.97. The maximum absolute atomic E-state index is 12.4. The lowest BCUT2D eigenvalue weighted by molar-refractivity contribution is 0.0949. The highest BCUT2D eigenvalue weighted by molar-refractivity contribution is 6.02. The lowest BCUT2D eigenvalue weighted by Crippen LogP contribution is -2.23. The molecule has 2 amide bonds. The lowest BCUT2D eigenvalue weighted by atomic mass is 10.1. The van der Waals surface area contributed by atoms with Crippen molar-refractivity contribution in [3.8, 4) is 0 Å². The van der Waals surface area contributed by atoms with Gasteiger partial charge in [0.05, 0.1) is 6.26 Å². The van der Waals surface area contributed by atoms with Crippen LogP contribution in [0.5, 0.6) is 0 Å². The Labute approximate surface area is 176 Å². The van der Waals surface area contributed by atoms with Crippen molar-refractivity contribution in [2.45, 2.75) is 26.9 Å². The van der Waals surface area contributed by atoms with Gasteiger partial charge < -0.3 is 15.1 Å². The van der Waals surface area contributed by atoms with Crippen molar-refractivity contribution in [2.75, 3.05) is 18.4 Å². The smallest absolute Gasteiger partial charge is 0.291 e. The number of furan rings is 1. The van der Waals surface area contributed by atoms with Gasteiger partial charge in [0.2, 0.25) is 0 Å². The highest BCUT2D eigenvalue weighted by atomic mass is 16.3. The Hall–Kier alpha value is -3.38. The largest absolute Gasteiger partial charge is 0.459 e. The molecule has 0 saturated carbocycles. The van der Waals surface area contributed by atoms with Gasteiger partial charge in [-0.1, -0.05) is 38.1 Å². The van der Waals surface area contributed by atoms with Crippen LogP contribution in [-0.2, 0) is 13.1 Å². The van der Waals surface area contributed by atoms with E-state index in [0.29, 0.717) is 17.8 Å². The second-order valence-electron chi connectivity index (χ2n) is 6.97. The van der Waals surface area contributed by atoms with Gasteiger partial charge in [-0.05, 0) is 60.6 Å². The van der Waals surface area contributed by atoms with Crippen LogP contribution >= 0.6 is 0 Å². The predicted molar refractivity (Wildman–Crippen MR) is 117 cm³/mol. The van der Waals surface area contributed by atoms with Crippen LogP contribution < -0.4 is 10.6 Å². The Balaban J connectivity index is 1.50. The van der Waals surface area contributed by atoms with Crippen molar-refractivity contribution >= 4 is 17.5 Å². The highest BCUT2D eigenvalue weighted by Crippen LogP contribution is 2.12. The van der Waals surface area contributed by atoms with Crippen LogP contribution in [0.3, 0.4) is 0 Å². The number of nitrogens with zero attached hydrogens (tertiary/aromatic N) is 1. The summed E-state index contributed by atoms with van der Waals surface area (Å²) < 4.78 is 5.07. The molecule has 3 rings (SSSR count). The van der Waals surface area contributed by atoms with E-state index in [4.69, 9.17) is 4.42 Å². The maximum Gasteiger partial charge on any atom is 0.291 e. The van der Waals surface area contributed by atoms with Gasteiger partial charge in [0, 0.05) is 24.3 Å². The zero-order valence-electron chi connectivity index (χ0n) is 17.4. The Morgan fingerprint density at radius 2 is 1.53 bits per heavy atom. The number of benzene rings is 2. The van der Waals surface area contributed by atoms with Crippen LogP contribution in [0.1, 0.15) is 45.9 Å². The molecule has 30 heavy (non-hydrogen) atoms. The van der Waals surface area contributed by atoms with E-state index in [2.05, 4.69) is 29.4 Å². The topological polar surface area (TPSA) is 74.6 Å². The van der Waals surface area contributed by atoms with Crippen molar-refractivity contribution in [3.05, 3.63) is 89.4 Å². The molecule has 0 fully saturated rings. The van der Waals surface area contributed by atoms with Crippen molar-refractivity contribution < 1.29 is 14.0 Å². The molecule has 2 aromatic carbocycles. The number of carbonyl (C=O) groups is 2. The molecule has 0 saturated heterocycles. The zero-order chi connectivity index (χ0) is 21.3. The van der Waals surface area contributed by atoms with Crippen molar-refractivity contribution in [1.29, 1.82) is 0 Å². The monoisotopic (exact) mass is 405 g/mol. The number of hydrogen-bond acceptors (Lipinski definition) is 4. The van der Waals surface area contributed by atoms with Gasteiger partial charge in [-0.2, -0.15) is 0 Å². The minimum Gasteiger partial charge on any atom is -0.459 e. The molecule has 0 spiro atoms. The summed E-state index contributed by atoms with van der Waals surface area (Å²) >= 11 is 0. The average Bonchev–Trinajstić information content (AvgIpc) is 3.32. The fourth-order valence-electron chi connectivity index (χ4n) is 3.06. The SMILES string of the molecule is CCN(CC)Cc1ccc(C(=O)NCc2ccc(NC(=O)c3ccco3)cc2)cc1. The first-order chi connectivity index (χ1) is 14.6. The summed E-state index contributed by atoms with van der Waals surface area (Å²) in [6.07, 6.45) is 1.46. The molecule has 0 aliphatic carbocycles. The third-order valence-electron chi connectivity index (χ3n) is 4.93. The summed E-state index contributed by atoms with van der Waals surface area (Å²) in [6, 6.07) is 18.3. The number of carbonyl (C=O) groups excluding carboxylic acids is 2. The molecule has 0 aliphatic heterocycles. The first-order valence-corrected chi connectivity index (χ1v) is 10.1. The molecule has 1 aromatic heterocycles. The molecule has 0 aliphatic rings. The number of rotatable bonds is 9. The van der Waals surface area contributed by atoms with Gasteiger partial charge in [0.15, 0.2) is 5.76 Å². The molecule has 156 valence electrons. The van der Waals surface area contributed by atoms with Crippen molar-refractivity contribution in [3.63, 3.8) is 0 Å². The molecule has 6 heteroatoms. The molecule has 0 radical (unpaired) electrons. The number of amides is 2. The van der Waals surface area contributed by atoms with E-state index in [1.54, 1.807) is 24.3 Å². The fraction of sp³-hybridized carbons (Fsp3) is 0.250. The van der Waals surface area contributed by atoms with Crippen LogP contribution in [0.4, 0.5) is 5.69 Å². The maximum atomic E-state index is 12.4. The van der Waals surface area contributed by atoms with Crippen molar-refractivity contribution in [1.82, 2.24) is 10.2 Å². The van der Waals surface area contributed by atoms with Gasteiger partial charge in [-0.3, -0.25) is 14.5 Å². The first kappa shape index (κ1) is 21.3. The molecule has 1 heterocycles. The van der Waals surface area contributed by atoms with Gasteiger partial charge in [0.25, 0.3) is 11.8 Å². The Bertz CT molecular complexity index is 944. The minimum atomic E-state index is -0.300. The molecule has 6 nitrogen and oxygen atoms in total. The van der Waals surface area contributed by atoms with E-state index >= 15 is 0 Å². The number of hydrogen-bond donors (Lipinski definition) is 2. The third-order valence-corrected chi connectivity index (χ3v) is 4.93. The lowest BCUT2D eigenvalue weighted by Gasteiger charge is -2.18. The van der Waals surface area contributed by atoms with E-state index in [-0.39, 0.29) is 17.6 Å². The normalized spacial score (nSPS) is 10.8. The summed E-state index contributed by atoms with van der Waals surface area (Å²) in [5, 5.41) is 5.69. The zero-order valence-corrected chi connectivity index (χ0v) is 17.4. The van der Waals surface area contributed by atoms with Crippen molar-refractivity contribution in [2.24, 2.45) is 0 Å². The molecule has 0 atom stereocenters.